The molecular weight excluding hydrogens is 314 g/mol. The second-order valence-electron chi connectivity index (χ2n) is 4.45. The number of ether oxygens (including phenoxy) is 2. The Morgan fingerprint density at radius 2 is 1.87 bits per heavy atom. The van der Waals surface area contributed by atoms with Crippen LogP contribution in [0.3, 0.4) is 0 Å². The summed E-state index contributed by atoms with van der Waals surface area (Å²) in [6, 6.07) is 12.2. The van der Waals surface area contributed by atoms with Gasteiger partial charge in [-0.3, -0.25) is 5.43 Å². The van der Waals surface area contributed by atoms with Crippen molar-refractivity contribution >= 4 is 29.2 Å². The van der Waals surface area contributed by atoms with E-state index in [2.05, 4.69) is 15.8 Å². The van der Waals surface area contributed by atoms with E-state index < -0.39 is 0 Å². The predicted octanol–water partition coefficient (Wildman–Crippen LogP) is 2.73. The first kappa shape index (κ1) is 16.6. The monoisotopic (exact) mass is 331 g/mol. The summed E-state index contributed by atoms with van der Waals surface area (Å²) in [7, 11) is 3.14. The Kier molecular flexibility index (Phi) is 5.76. The number of phenols is 1. The van der Waals surface area contributed by atoms with Gasteiger partial charge in [-0.15, -0.1) is 0 Å². The molecule has 0 aromatic heterocycles. The molecule has 0 bridgehead atoms. The topological polar surface area (TPSA) is 75.1 Å². The first-order valence-electron chi connectivity index (χ1n) is 6.74. The van der Waals surface area contributed by atoms with Gasteiger partial charge < -0.3 is 19.9 Å². The summed E-state index contributed by atoms with van der Waals surface area (Å²) in [5, 5.41) is 16.9. The molecule has 0 atom stereocenters. The predicted molar refractivity (Wildman–Crippen MR) is 94.6 cm³/mol. The Morgan fingerprint density at radius 3 is 2.57 bits per heavy atom. The van der Waals surface area contributed by atoms with Gasteiger partial charge in [-0.1, -0.05) is 12.1 Å². The number of hydrogen-bond acceptors (Lipinski definition) is 5. The molecule has 2 rings (SSSR count). The molecule has 120 valence electrons. The normalized spacial score (nSPS) is 10.3. The standard InChI is InChI=1S/C16H17N3O3S/c1-21-14-8-7-12(9-15(14)22-2)18-16(23)19-17-10-11-5-3-4-6-13(11)20/h3-10,20H,1-2H3,(H2,18,19,23). The van der Waals surface area contributed by atoms with Crippen molar-refractivity contribution in [2.45, 2.75) is 0 Å². The average Bonchev–Trinajstić information content (AvgIpc) is 2.56. The highest BCUT2D eigenvalue weighted by atomic mass is 32.1. The molecule has 3 N–H and O–H groups in total. The van der Waals surface area contributed by atoms with E-state index in [4.69, 9.17) is 21.7 Å². The van der Waals surface area contributed by atoms with Gasteiger partial charge in [0.25, 0.3) is 0 Å². The van der Waals surface area contributed by atoms with Crippen molar-refractivity contribution in [1.29, 1.82) is 0 Å². The molecule has 0 radical (unpaired) electrons. The molecule has 0 aliphatic heterocycles. The van der Waals surface area contributed by atoms with Crippen molar-refractivity contribution in [3.63, 3.8) is 0 Å². The van der Waals surface area contributed by atoms with Crippen molar-refractivity contribution in [3.05, 3.63) is 48.0 Å². The van der Waals surface area contributed by atoms with Crippen LogP contribution in [0.4, 0.5) is 5.69 Å². The zero-order valence-electron chi connectivity index (χ0n) is 12.7. The zero-order chi connectivity index (χ0) is 16.7. The number of para-hydroxylation sites is 1. The lowest BCUT2D eigenvalue weighted by molar-refractivity contribution is 0.355. The van der Waals surface area contributed by atoms with Gasteiger partial charge in [-0.25, -0.2) is 0 Å². The number of phenolic OH excluding ortho intramolecular Hbond substituents is 1. The number of methoxy groups -OCH3 is 2. The van der Waals surface area contributed by atoms with Gasteiger partial charge in [0.2, 0.25) is 0 Å². The lowest BCUT2D eigenvalue weighted by Gasteiger charge is -2.11. The average molecular weight is 331 g/mol. The third-order valence-electron chi connectivity index (χ3n) is 2.95. The molecule has 0 aliphatic carbocycles. The van der Waals surface area contributed by atoms with Gasteiger partial charge in [0.05, 0.1) is 20.4 Å². The van der Waals surface area contributed by atoms with Crippen LogP contribution < -0.4 is 20.2 Å². The Hall–Kier alpha value is -2.80. The summed E-state index contributed by atoms with van der Waals surface area (Å²) in [6.07, 6.45) is 1.48. The fourth-order valence-corrected chi connectivity index (χ4v) is 2.00. The van der Waals surface area contributed by atoms with E-state index in [0.717, 1.165) is 5.69 Å². The highest BCUT2D eigenvalue weighted by molar-refractivity contribution is 7.80. The van der Waals surface area contributed by atoms with Crippen molar-refractivity contribution < 1.29 is 14.6 Å². The molecule has 0 saturated carbocycles. The van der Waals surface area contributed by atoms with Gasteiger partial charge in [-0.2, -0.15) is 5.10 Å². The number of benzene rings is 2. The van der Waals surface area contributed by atoms with Crippen molar-refractivity contribution in [2.75, 3.05) is 19.5 Å². The molecule has 7 heteroatoms. The molecule has 0 amide bonds. The van der Waals surface area contributed by atoms with E-state index in [1.54, 1.807) is 50.6 Å². The summed E-state index contributed by atoms with van der Waals surface area (Å²) in [5.41, 5.74) is 4.01. The second-order valence-corrected chi connectivity index (χ2v) is 4.86. The number of aromatic hydroxyl groups is 1. The molecule has 23 heavy (non-hydrogen) atoms. The minimum absolute atomic E-state index is 0.150. The van der Waals surface area contributed by atoms with E-state index in [0.29, 0.717) is 22.2 Å². The van der Waals surface area contributed by atoms with Crippen LogP contribution in [0.5, 0.6) is 17.2 Å². The Labute approximate surface area is 139 Å². The van der Waals surface area contributed by atoms with Crippen LogP contribution in [-0.4, -0.2) is 30.7 Å². The largest absolute Gasteiger partial charge is 0.507 e. The Morgan fingerprint density at radius 1 is 1.13 bits per heavy atom. The van der Waals surface area contributed by atoms with Crippen LogP contribution in [0, 0.1) is 0 Å². The summed E-state index contributed by atoms with van der Waals surface area (Å²) in [4.78, 5) is 0. The lowest BCUT2D eigenvalue weighted by atomic mass is 10.2. The van der Waals surface area contributed by atoms with E-state index in [-0.39, 0.29) is 5.75 Å². The van der Waals surface area contributed by atoms with E-state index in [1.807, 2.05) is 6.07 Å². The quantitative estimate of drug-likeness (QED) is 0.444. The van der Waals surface area contributed by atoms with Crippen LogP contribution >= 0.6 is 12.2 Å². The first-order valence-corrected chi connectivity index (χ1v) is 7.15. The van der Waals surface area contributed by atoms with Crippen molar-refractivity contribution in [3.8, 4) is 17.2 Å². The molecule has 6 nitrogen and oxygen atoms in total. The zero-order valence-corrected chi connectivity index (χ0v) is 13.6. The smallest absolute Gasteiger partial charge is 0.191 e. The molecular formula is C16H17N3O3S. The Balaban J connectivity index is 1.96. The number of rotatable bonds is 5. The van der Waals surface area contributed by atoms with Crippen LogP contribution in [0.25, 0.3) is 0 Å². The molecule has 2 aromatic carbocycles. The van der Waals surface area contributed by atoms with E-state index in [9.17, 15) is 5.11 Å². The fraction of sp³-hybridized carbons (Fsp3) is 0.125. The molecule has 2 aromatic rings. The highest BCUT2D eigenvalue weighted by Crippen LogP contribution is 2.29. The molecule has 0 spiro atoms. The number of anilines is 1. The summed E-state index contributed by atoms with van der Waals surface area (Å²) >= 11 is 5.15. The number of hydrazone groups is 1. The molecule has 0 unspecified atom stereocenters. The van der Waals surface area contributed by atoms with Crippen LogP contribution in [0.2, 0.25) is 0 Å². The minimum atomic E-state index is 0.150. The first-order chi connectivity index (χ1) is 11.1. The van der Waals surface area contributed by atoms with Crippen LogP contribution in [0.15, 0.2) is 47.6 Å². The molecule has 0 saturated heterocycles. The SMILES string of the molecule is COc1ccc(NC(=S)NN=Cc2ccccc2O)cc1OC. The number of nitrogens with zero attached hydrogens (tertiary/aromatic N) is 1. The van der Waals surface area contributed by atoms with Crippen LogP contribution in [0.1, 0.15) is 5.56 Å². The van der Waals surface area contributed by atoms with Gasteiger partial charge in [0.1, 0.15) is 5.75 Å². The van der Waals surface area contributed by atoms with Crippen molar-refractivity contribution in [2.24, 2.45) is 5.10 Å². The molecule has 0 fully saturated rings. The number of thiocarbonyl (C=S) groups is 1. The highest BCUT2D eigenvalue weighted by Gasteiger charge is 2.05. The molecule has 0 aliphatic rings. The van der Waals surface area contributed by atoms with Gasteiger partial charge >= 0.3 is 0 Å². The summed E-state index contributed by atoms with van der Waals surface area (Å²) in [5.74, 6) is 1.38. The Bertz CT molecular complexity index is 719. The third-order valence-corrected chi connectivity index (χ3v) is 3.14. The van der Waals surface area contributed by atoms with Gasteiger partial charge in [-0.05, 0) is 36.5 Å². The number of nitrogens with one attached hydrogen (secondary N) is 2. The van der Waals surface area contributed by atoms with Crippen molar-refractivity contribution in [1.82, 2.24) is 5.43 Å². The maximum Gasteiger partial charge on any atom is 0.191 e. The van der Waals surface area contributed by atoms with Gasteiger partial charge in [0.15, 0.2) is 16.6 Å². The summed E-state index contributed by atoms with van der Waals surface area (Å²) in [6.45, 7) is 0. The third kappa shape index (κ3) is 4.58. The maximum absolute atomic E-state index is 9.62. The lowest BCUT2D eigenvalue weighted by Crippen LogP contribution is -2.23. The maximum atomic E-state index is 9.62. The fourth-order valence-electron chi connectivity index (χ4n) is 1.83. The van der Waals surface area contributed by atoms with Gasteiger partial charge in [0, 0.05) is 17.3 Å². The minimum Gasteiger partial charge on any atom is -0.507 e. The number of hydrogen-bond donors (Lipinski definition) is 3. The molecule has 0 heterocycles. The summed E-state index contributed by atoms with van der Waals surface area (Å²) < 4.78 is 10.4. The van der Waals surface area contributed by atoms with E-state index in [1.165, 1.54) is 6.21 Å². The van der Waals surface area contributed by atoms with Crippen LogP contribution in [-0.2, 0) is 0 Å². The van der Waals surface area contributed by atoms with E-state index >= 15 is 0 Å². The second kappa shape index (κ2) is 8.00.